The van der Waals surface area contributed by atoms with E-state index in [2.05, 4.69) is 5.32 Å². The largest absolute Gasteiger partial charge is 0.493 e. The van der Waals surface area contributed by atoms with Crippen LogP contribution in [0, 0.1) is 0 Å². The number of nitrogens with zero attached hydrogens (tertiary/aromatic N) is 2. The second-order valence-electron chi connectivity index (χ2n) is 6.50. The summed E-state index contributed by atoms with van der Waals surface area (Å²) < 4.78 is 13.7. The third-order valence-electron chi connectivity index (χ3n) is 4.75. The van der Waals surface area contributed by atoms with Gasteiger partial charge >= 0.3 is 5.69 Å². The van der Waals surface area contributed by atoms with Gasteiger partial charge in [0.05, 0.1) is 19.3 Å². The fourth-order valence-corrected chi connectivity index (χ4v) is 3.40. The fourth-order valence-electron chi connectivity index (χ4n) is 3.40. The summed E-state index contributed by atoms with van der Waals surface area (Å²) in [6, 6.07) is 5.40. The third kappa shape index (κ3) is 3.11. The summed E-state index contributed by atoms with van der Waals surface area (Å²) in [5.74, 6) is 0.480. The van der Waals surface area contributed by atoms with Crippen LogP contribution in [-0.2, 0) is 18.9 Å². The molecule has 1 aliphatic rings. The van der Waals surface area contributed by atoms with Crippen LogP contribution in [0.4, 0.5) is 5.82 Å². The van der Waals surface area contributed by atoms with Crippen molar-refractivity contribution in [1.82, 2.24) is 9.13 Å². The Labute approximate surface area is 156 Å². The normalized spacial score (nSPS) is 15.9. The number of hydrogen-bond donors (Lipinski definition) is 1. The van der Waals surface area contributed by atoms with Crippen molar-refractivity contribution in [2.75, 3.05) is 19.0 Å². The highest BCUT2D eigenvalue weighted by Gasteiger charge is 2.34. The van der Waals surface area contributed by atoms with Crippen LogP contribution in [-0.4, -0.2) is 28.8 Å². The molecule has 0 saturated carbocycles. The number of carbonyl (C=O) groups excluding carboxylic acids is 1. The van der Waals surface area contributed by atoms with Crippen LogP contribution in [0.5, 0.6) is 11.5 Å². The number of para-hydroxylation sites is 1. The van der Waals surface area contributed by atoms with Gasteiger partial charge in [-0.25, -0.2) is 4.79 Å². The zero-order valence-corrected chi connectivity index (χ0v) is 15.9. The molecular weight excluding hydrogens is 350 g/mol. The molecule has 144 valence electrons. The SMILES string of the molecule is CCCOc1c(OC)cccc1[C@@H]1CC(=O)Nc2c1c(=O)n(C)c(=O)n2C. The highest BCUT2D eigenvalue weighted by atomic mass is 16.5. The molecule has 8 heteroatoms. The first-order chi connectivity index (χ1) is 12.9. The Morgan fingerprint density at radius 3 is 2.59 bits per heavy atom. The van der Waals surface area contributed by atoms with E-state index in [4.69, 9.17) is 9.47 Å². The molecule has 2 aromatic rings. The number of ether oxygens (including phenoxy) is 2. The first-order valence-corrected chi connectivity index (χ1v) is 8.80. The van der Waals surface area contributed by atoms with E-state index in [-0.39, 0.29) is 18.1 Å². The summed E-state index contributed by atoms with van der Waals surface area (Å²) in [6.07, 6.45) is 0.881. The Morgan fingerprint density at radius 1 is 1.19 bits per heavy atom. The molecule has 27 heavy (non-hydrogen) atoms. The van der Waals surface area contributed by atoms with Crippen molar-refractivity contribution in [2.24, 2.45) is 14.1 Å². The Morgan fingerprint density at radius 2 is 1.93 bits per heavy atom. The number of anilines is 1. The maximum atomic E-state index is 12.9. The Balaban J connectivity index is 2.28. The molecule has 1 N–H and O–H groups in total. The van der Waals surface area contributed by atoms with Crippen molar-refractivity contribution < 1.29 is 14.3 Å². The van der Waals surface area contributed by atoms with E-state index >= 15 is 0 Å². The molecule has 0 spiro atoms. The molecule has 1 aromatic carbocycles. The van der Waals surface area contributed by atoms with E-state index in [1.165, 1.54) is 18.7 Å². The van der Waals surface area contributed by atoms with Crippen molar-refractivity contribution in [1.29, 1.82) is 0 Å². The van der Waals surface area contributed by atoms with Crippen LogP contribution in [0.3, 0.4) is 0 Å². The predicted octanol–water partition coefficient (Wildman–Crippen LogP) is 1.36. The van der Waals surface area contributed by atoms with Gasteiger partial charge in [0, 0.05) is 32.0 Å². The summed E-state index contributed by atoms with van der Waals surface area (Å²) in [5, 5.41) is 2.67. The van der Waals surface area contributed by atoms with Crippen molar-refractivity contribution in [3.8, 4) is 11.5 Å². The monoisotopic (exact) mass is 373 g/mol. The van der Waals surface area contributed by atoms with Crippen molar-refractivity contribution >= 4 is 11.7 Å². The first-order valence-electron chi connectivity index (χ1n) is 8.80. The number of methoxy groups -OCH3 is 1. The molecule has 1 aromatic heterocycles. The first kappa shape index (κ1) is 18.8. The lowest BCUT2D eigenvalue weighted by molar-refractivity contribution is -0.116. The number of benzene rings is 1. The van der Waals surface area contributed by atoms with Gasteiger partial charge in [-0.3, -0.25) is 18.7 Å². The van der Waals surface area contributed by atoms with Crippen molar-refractivity contribution in [2.45, 2.75) is 25.7 Å². The molecule has 0 bridgehead atoms. The van der Waals surface area contributed by atoms with Gasteiger partial charge in [-0.2, -0.15) is 0 Å². The molecule has 0 radical (unpaired) electrons. The quantitative estimate of drug-likeness (QED) is 0.854. The minimum atomic E-state index is -0.541. The van der Waals surface area contributed by atoms with E-state index in [1.54, 1.807) is 19.2 Å². The van der Waals surface area contributed by atoms with E-state index in [1.807, 2.05) is 13.0 Å². The lowest BCUT2D eigenvalue weighted by atomic mass is 9.86. The number of carbonyl (C=O) groups is 1. The van der Waals surface area contributed by atoms with Gasteiger partial charge in [-0.1, -0.05) is 19.1 Å². The summed E-state index contributed by atoms with van der Waals surface area (Å²) in [7, 11) is 4.50. The van der Waals surface area contributed by atoms with Gasteiger partial charge in [0.1, 0.15) is 5.82 Å². The smallest absolute Gasteiger partial charge is 0.332 e. The van der Waals surface area contributed by atoms with Crippen LogP contribution in [0.2, 0.25) is 0 Å². The van der Waals surface area contributed by atoms with Gasteiger partial charge in [0.15, 0.2) is 11.5 Å². The van der Waals surface area contributed by atoms with E-state index < -0.39 is 17.2 Å². The topological polar surface area (TPSA) is 91.6 Å². The highest BCUT2D eigenvalue weighted by molar-refractivity contribution is 5.94. The molecule has 0 aliphatic carbocycles. The summed E-state index contributed by atoms with van der Waals surface area (Å²) in [6.45, 7) is 2.47. The Bertz CT molecular complexity index is 1010. The zero-order chi connectivity index (χ0) is 19.7. The van der Waals surface area contributed by atoms with Gasteiger partial charge in [-0.15, -0.1) is 0 Å². The number of aromatic nitrogens is 2. The van der Waals surface area contributed by atoms with E-state index in [0.717, 1.165) is 11.0 Å². The molecular formula is C19H23N3O5. The van der Waals surface area contributed by atoms with Crippen LogP contribution in [0.1, 0.15) is 36.8 Å². The number of nitrogens with one attached hydrogen (secondary N) is 1. The van der Waals surface area contributed by atoms with Crippen molar-refractivity contribution in [3.63, 3.8) is 0 Å². The van der Waals surface area contributed by atoms with E-state index in [0.29, 0.717) is 29.2 Å². The summed E-state index contributed by atoms with van der Waals surface area (Å²) in [4.78, 5) is 37.5. The van der Waals surface area contributed by atoms with Gasteiger partial charge in [0.2, 0.25) is 5.91 Å². The third-order valence-corrected chi connectivity index (χ3v) is 4.75. The second kappa shape index (κ2) is 7.30. The molecule has 3 rings (SSSR count). The van der Waals surface area contributed by atoms with Crippen LogP contribution in [0.25, 0.3) is 0 Å². The molecule has 0 fully saturated rings. The van der Waals surface area contributed by atoms with Gasteiger partial charge < -0.3 is 14.8 Å². The lowest BCUT2D eigenvalue weighted by Crippen LogP contribution is -2.44. The minimum absolute atomic E-state index is 0.0795. The predicted molar refractivity (Wildman–Crippen MR) is 101 cm³/mol. The van der Waals surface area contributed by atoms with Gasteiger partial charge in [0.25, 0.3) is 5.56 Å². The Kier molecular flexibility index (Phi) is 5.07. The molecule has 1 amide bonds. The summed E-state index contributed by atoms with van der Waals surface area (Å²) >= 11 is 0. The zero-order valence-electron chi connectivity index (χ0n) is 15.9. The molecule has 1 aliphatic heterocycles. The number of hydrogen-bond acceptors (Lipinski definition) is 5. The average Bonchev–Trinajstić information content (AvgIpc) is 2.68. The number of rotatable bonds is 5. The molecule has 0 saturated heterocycles. The average molecular weight is 373 g/mol. The molecule has 2 heterocycles. The molecule has 0 unspecified atom stereocenters. The van der Waals surface area contributed by atoms with Crippen molar-refractivity contribution in [3.05, 3.63) is 50.2 Å². The van der Waals surface area contributed by atoms with E-state index in [9.17, 15) is 14.4 Å². The van der Waals surface area contributed by atoms with Gasteiger partial charge in [-0.05, 0) is 12.5 Å². The van der Waals surface area contributed by atoms with Crippen LogP contribution < -0.4 is 26.0 Å². The maximum absolute atomic E-state index is 12.9. The molecule has 1 atom stereocenters. The fraction of sp³-hybridized carbons (Fsp3) is 0.421. The summed E-state index contributed by atoms with van der Waals surface area (Å²) in [5.41, 5.74) is 0.138. The van der Waals surface area contributed by atoms with Crippen LogP contribution in [0.15, 0.2) is 27.8 Å². The standard InChI is InChI=1S/C19H23N3O5/c1-5-9-27-16-11(7-6-8-13(16)26-4)12-10-14(23)20-17-15(12)18(24)22(3)19(25)21(17)2/h6-8,12H,5,9-10H2,1-4H3,(H,20,23)/t12-/m0/s1. The number of fused-ring (bicyclic) bond motifs is 1. The minimum Gasteiger partial charge on any atom is -0.493 e. The molecule has 8 nitrogen and oxygen atoms in total. The van der Waals surface area contributed by atoms with Crippen LogP contribution >= 0.6 is 0 Å². The number of amides is 1. The lowest BCUT2D eigenvalue weighted by Gasteiger charge is -2.28. The maximum Gasteiger partial charge on any atom is 0.332 e. The second-order valence-corrected chi connectivity index (χ2v) is 6.50. The Hall–Kier alpha value is -3.03. The highest BCUT2D eigenvalue weighted by Crippen LogP contribution is 2.42.